The van der Waals surface area contributed by atoms with Crippen molar-refractivity contribution in [1.82, 2.24) is 9.88 Å². The van der Waals surface area contributed by atoms with Crippen LogP contribution in [-0.2, 0) is 35.3 Å². The summed E-state index contributed by atoms with van der Waals surface area (Å²) in [6.45, 7) is -0.594. The van der Waals surface area contributed by atoms with E-state index < -0.39 is 82.6 Å². The van der Waals surface area contributed by atoms with Crippen LogP contribution in [0.4, 0.5) is 5.82 Å². The van der Waals surface area contributed by atoms with Crippen LogP contribution < -0.4 is 11.1 Å². The second kappa shape index (κ2) is 10.5. The molecule has 5 rings (SSSR count). The van der Waals surface area contributed by atoms with Gasteiger partial charge in [0, 0.05) is 17.7 Å². The maximum atomic E-state index is 13.9. The molecule has 2 unspecified atom stereocenters. The van der Waals surface area contributed by atoms with Gasteiger partial charge in [-0.2, -0.15) is 0 Å². The zero-order valence-corrected chi connectivity index (χ0v) is 22.6. The van der Waals surface area contributed by atoms with E-state index in [2.05, 4.69) is 15.2 Å². The first kappa shape index (κ1) is 29.1. The number of nitrogens with zero attached hydrogens (tertiary/aromatic N) is 2. The topological polar surface area (TPSA) is 227 Å². The summed E-state index contributed by atoms with van der Waals surface area (Å²) < 4.78 is 0. The van der Waals surface area contributed by atoms with E-state index in [1.54, 1.807) is 12.1 Å². The van der Waals surface area contributed by atoms with Crippen molar-refractivity contribution in [1.29, 1.82) is 0 Å². The highest BCUT2D eigenvalue weighted by Crippen LogP contribution is 2.51. The maximum Gasteiger partial charge on any atom is 0.254 e. The normalized spacial score (nSPS) is 28.6. The number of aliphatic hydroxyl groups is 1. The van der Waals surface area contributed by atoms with Crippen molar-refractivity contribution in [3.8, 4) is 16.9 Å². The van der Waals surface area contributed by atoms with Crippen molar-refractivity contribution < 1.29 is 49.1 Å². The van der Waals surface area contributed by atoms with Gasteiger partial charge in [-0.05, 0) is 62.2 Å². The fourth-order valence-corrected chi connectivity index (χ4v) is 6.74. The second-order valence-corrected chi connectivity index (χ2v) is 11.0. The van der Waals surface area contributed by atoms with Crippen molar-refractivity contribution in [3.05, 3.63) is 41.6 Å². The van der Waals surface area contributed by atoms with Gasteiger partial charge in [0.05, 0.1) is 17.5 Å². The van der Waals surface area contributed by atoms with Gasteiger partial charge in [-0.3, -0.25) is 38.9 Å². The third kappa shape index (κ3) is 4.30. The molecule has 2 amide bonds. The van der Waals surface area contributed by atoms with Crippen LogP contribution in [0.25, 0.3) is 11.1 Å². The number of ketones is 4. The Balaban J connectivity index is 1.56. The lowest BCUT2D eigenvalue weighted by Gasteiger charge is -2.52. The van der Waals surface area contributed by atoms with Gasteiger partial charge in [0.25, 0.3) is 5.91 Å². The van der Waals surface area contributed by atoms with Crippen molar-refractivity contribution in [2.24, 2.45) is 29.4 Å². The van der Waals surface area contributed by atoms with Crippen LogP contribution in [0, 0.1) is 23.7 Å². The molecule has 3 aliphatic rings. The second-order valence-electron chi connectivity index (χ2n) is 11.0. The number of phenolic OH excluding ortho intramolecular Hbond substituents is 1. The predicted octanol–water partition coefficient (Wildman–Crippen LogP) is -0.643. The number of nitrogens with two attached hydrogens (primary N) is 1. The zero-order chi connectivity index (χ0) is 30.7. The molecule has 0 bridgehead atoms. The first-order valence-electron chi connectivity index (χ1n) is 13.0. The number of primary amides is 1. The molecule has 1 heterocycles. The van der Waals surface area contributed by atoms with Crippen LogP contribution in [0.1, 0.15) is 22.3 Å². The standard InChI is InChI=1S/C28H28N4O10/c1-32(2)22-15-8-12-7-14-13(11-3-6-17(30-9-11)31-18(34)10-42-41)4-5-16(33)20(14)23(35)19(12)25(37)28(15,40)26(38)21(24(22)36)27(29)39/h3-6,9,12,15,19,21-22,33,40-41H,7-8,10H2,1-2H3,(H2,29,39)(H,30,31,34)/t12-,15-,19?,21?,22-,28-/m0/s1. The molecule has 0 aliphatic heterocycles. The lowest BCUT2D eigenvalue weighted by atomic mass is 9.52. The number of phenols is 1. The SMILES string of the molecule is CN(C)[C@@H]1C(=O)C(C(N)=O)C(=O)[C@@]2(O)C(=O)C3C(=O)c4c(O)ccc(-c5ccc(NC(=O)COO)nc5)c4C[C@H]3C[C@@H]12. The number of fused-ring (bicyclic) bond motifs is 3. The molecule has 2 aromatic rings. The van der Waals surface area contributed by atoms with Gasteiger partial charge in [0.15, 0.2) is 41.3 Å². The minimum atomic E-state index is -2.80. The summed E-state index contributed by atoms with van der Waals surface area (Å²) in [7, 11) is 3.03. The van der Waals surface area contributed by atoms with Gasteiger partial charge >= 0.3 is 0 Å². The number of amides is 2. The molecule has 6 N–H and O–H groups in total. The molecule has 0 saturated heterocycles. The molecule has 42 heavy (non-hydrogen) atoms. The number of hydrogen-bond donors (Lipinski definition) is 5. The number of carbonyl (C=O) groups is 6. The first-order valence-corrected chi connectivity index (χ1v) is 13.0. The molecule has 1 aromatic carbocycles. The lowest BCUT2D eigenvalue weighted by Crippen LogP contribution is -2.74. The quantitative estimate of drug-likeness (QED) is 0.163. The molecular weight excluding hydrogens is 552 g/mol. The molecule has 2 saturated carbocycles. The predicted molar refractivity (Wildman–Crippen MR) is 142 cm³/mol. The van der Waals surface area contributed by atoms with Crippen molar-refractivity contribution in [3.63, 3.8) is 0 Å². The van der Waals surface area contributed by atoms with Crippen LogP contribution >= 0.6 is 0 Å². The Labute approximate surface area is 238 Å². The number of carbonyl (C=O) groups excluding carboxylic acids is 6. The molecule has 1 aromatic heterocycles. The number of Topliss-reactive ketones (excluding diaryl/α,β-unsaturated/α-hetero) is 4. The Morgan fingerprint density at radius 3 is 2.45 bits per heavy atom. The molecule has 220 valence electrons. The van der Waals surface area contributed by atoms with E-state index in [0.29, 0.717) is 16.7 Å². The zero-order valence-electron chi connectivity index (χ0n) is 22.6. The number of benzene rings is 1. The largest absolute Gasteiger partial charge is 0.507 e. The molecule has 14 nitrogen and oxygen atoms in total. The van der Waals surface area contributed by atoms with Gasteiger partial charge in [-0.25, -0.2) is 9.87 Å². The lowest BCUT2D eigenvalue weighted by molar-refractivity contribution is -0.237. The number of pyridine rings is 1. The summed E-state index contributed by atoms with van der Waals surface area (Å²) in [5.41, 5.74) is 3.84. The van der Waals surface area contributed by atoms with E-state index in [1.165, 1.54) is 37.3 Å². The van der Waals surface area contributed by atoms with Crippen LogP contribution in [0.3, 0.4) is 0 Å². The van der Waals surface area contributed by atoms with E-state index in [0.717, 1.165) is 0 Å². The summed E-state index contributed by atoms with van der Waals surface area (Å²) in [5, 5.41) is 33.2. The minimum Gasteiger partial charge on any atom is -0.507 e. The number of aromatic hydroxyl groups is 1. The van der Waals surface area contributed by atoms with Crippen molar-refractivity contribution in [2.75, 3.05) is 26.0 Å². The number of aromatic nitrogens is 1. The number of anilines is 1. The monoisotopic (exact) mass is 580 g/mol. The highest BCUT2D eigenvalue weighted by molar-refractivity contribution is 6.32. The summed E-state index contributed by atoms with van der Waals surface area (Å²) >= 11 is 0. The van der Waals surface area contributed by atoms with Crippen LogP contribution in [-0.4, -0.2) is 92.6 Å². The fraction of sp³-hybridized carbons (Fsp3) is 0.393. The van der Waals surface area contributed by atoms with Gasteiger partial charge < -0.3 is 21.3 Å². The Hall–Kier alpha value is -4.37. The Morgan fingerprint density at radius 1 is 1.14 bits per heavy atom. The third-order valence-electron chi connectivity index (χ3n) is 8.48. The van der Waals surface area contributed by atoms with Crippen LogP contribution in [0.5, 0.6) is 5.75 Å². The van der Waals surface area contributed by atoms with Gasteiger partial charge in [-0.1, -0.05) is 6.07 Å². The summed E-state index contributed by atoms with van der Waals surface area (Å²) in [4.78, 5) is 87.5. The average Bonchev–Trinajstić information content (AvgIpc) is 2.91. The Bertz CT molecular complexity index is 1540. The molecular formula is C28H28N4O10. The van der Waals surface area contributed by atoms with Gasteiger partial charge in [0.2, 0.25) is 5.91 Å². The average molecular weight is 581 g/mol. The van der Waals surface area contributed by atoms with Gasteiger partial charge in [0.1, 0.15) is 11.6 Å². The molecule has 3 aliphatic carbocycles. The molecule has 2 fully saturated rings. The van der Waals surface area contributed by atoms with E-state index in [1.807, 2.05) is 0 Å². The van der Waals surface area contributed by atoms with Crippen LogP contribution in [0.2, 0.25) is 0 Å². The van der Waals surface area contributed by atoms with E-state index in [4.69, 9.17) is 11.0 Å². The minimum absolute atomic E-state index is 0.0743. The highest BCUT2D eigenvalue weighted by Gasteiger charge is 2.69. The van der Waals surface area contributed by atoms with Crippen LogP contribution in [0.15, 0.2) is 30.5 Å². The molecule has 6 atom stereocenters. The summed E-state index contributed by atoms with van der Waals surface area (Å²) in [5.74, 6) is -11.7. The molecule has 0 radical (unpaired) electrons. The van der Waals surface area contributed by atoms with E-state index in [-0.39, 0.29) is 24.2 Å². The Morgan fingerprint density at radius 2 is 1.86 bits per heavy atom. The Kier molecular flexibility index (Phi) is 7.27. The summed E-state index contributed by atoms with van der Waals surface area (Å²) in [6.07, 6.45) is 1.44. The highest BCUT2D eigenvalue weighted by atomic mass is 17.1. The van der Waals surface area contributed by atoms with Gasteiger partial charge in [-0.15, -0.1) is 0 Å². The number of rotatable bonds is 6. The number of hydrogen-bond acceptors (Lipinski definition) is 12. The maximum absolute atomic E-state index is 13.9. The summed E-state index contributed by atoms with van der Waals surface area (Å²) in [6, 6.07) is 4.75. The number of nitrogens with one attached hydrogen (secondary N) is 1. The third-order valence-corrected chi connectivity index (χ3v) is 8.48. The molecule has 0 spiro atoms. The van der Waals surface area contributed by atoms with Crippen molar-refractivity contribution >= 4 is 40.8 Å². The fourth-order valence-electron chi connectivity index (χ4n) is 6.74. The van der Waals surface area contributed by atoms with E-state index >= 15 is 0 Å². The van der Waals surface area contributed by atoms with E-state index in [9.17, 15) is 39.0 Å². The number of likely N-dealkylation sites (N-methyl/N-ethyl adjacent to an activating group) is 1. The molecule has 14 heteroatoms. The van der Waals surface area contributed by atoms with Crippen molar-refractivity contribution in [2.45, 2.75) is 24.5 Å². The first-order chi connectivity index (χ1) is 19.8. The smallest absolute Gasteiger partial charge is 0.254 e.